The molecule has 0 amide bonds. The smallest absolute Gasteiger partial charge is 0.292 e. The molecule has 120 valence electrons. The summed E-state index contributed by atoms with van der Waals surface area (Å²) in [6.45, 7) is 0.425. The molecule has 1 aliphatic rings. The first-order valence-corrected chi connectivity index (χ1v) is 7.81. The molecule has 2 N–H and O–H groups in total. The molecule has 5 nitrogen and oxygen atoms in total. The first-order valence-electron chi connectivity index (χ1n) is 7.43. The molecule has 2 aromatic rings. The lowest BCUT2D eigenvalue weighted by molar-refractivity contribution is -0.384. The number of rotatable bonds is 6. The standard InChI is InChI=1S/C17H17ClN2O3/c18-14-4-2-1-3-13(14)17(7-8-17)11-19-15-9-12(10-21)5-6-16(15)20(22)23/h1-6,9,19,21H,7-8,10-11H2. The molecule has 0 heterocycles. The van der Waals surface area contributed by atoms with Crippen molar-refractivity contribution < 1.29 is 10.0 Å². The van der Waals surface area contributed by atoms with Crippen molar-refractivity contribution in [2.24, 2.45) is 0 Å². The van der Waals surface area contributed by atoms with Crippen LogP contribution in [0.2, 0.25) is 5.02 Å². The summed E-state index contributed by atoms with van der Waals surface area (Å²) in [5.41, 5.74) is 2.09. The van der Waals surface area contributed by atoms with Gasteiger partial charge in [-0.1, -0.05) is 29.8 Å². The normalized spacial score (nSPS) is 15.2. The molecule has 6 heteroatoms. The number of nitro benzene ring substituents is 1. The Kier molecular flexibility index (Phi) is 4.24. The van der Waals surface area contributed by atoms with Gasteiger partial charge in [0.05, 0.1) is 11.5 Å². The zero-order valence-electron chi connectivity index (χ0n) is 12.5. The number of nitrogens with one attached hydrogen (secondary N) is 1. The molecule has 0 atom stereocenters. The predicted molar refractivity (Wildman–Crippen MR) is 89.9 cm³/mol. The summed E-state index contributed by atoms with van der Waals surface area (Å²) < 4.78 is 0. The third-order valence-electron chi connectivity index (χ3n) is 4.36. The van der Waals surface area contributed by atoms with E-state index in [4.69, 9.17) is 11.6 Å². The molecule has 1 saturated carbocycles. The highest BCUT2D eigenvalue weighted by Crippen LogP contribution is 2.50. The summed E-state index contributed by atoms with van der Waals surface area (Å²) in [5.74, 6) is 0. The van der Waals surface area contributed by atoms with Gasteiger partial charge in [0.2, 0.25) is 0 Å². The summed E-state index contributed by atoms with van der Waals surface area (Å²) in [6, 6.07) is 12.3. The number of halogens is 1. The second-order valence-corrected chi connectivity index (χ2v) is 6.29. The highest BCUT2D eigenvalue weighted by molar-refractivity contribution is 6.31. The number of aliphatic hydroxyl groups is 1. The summed E-state index contributed by atoms with van der Waals surface area (Å²) in [6.07, 6.45) is 1.99. The fourth-order valence-electron chi connectivity index (χ4n) is 2.83. The molecular formula is C17H17ClN2O3. The van der Waals surface area contributed by atoms with Gasteiger partial charge in [-0.05, 0) is 42.2 Å². The van der Waals surface area contributed by atoms with Gasteiger partial charge < -0.3 is 10.4 Å². The van der Waals surface area contributed by atoms with Crippen LogP contribution in [0.3, 0.4) is 0 Å². The average Bonchev–Trinajstić information content (AvgIpc) is 3.34. The van der Waals surface area contributed by atoms with Gasteiger partial charge in [0, 0.05) is 23.0 Å². The van der Waals surface area contributed by atoms with Crippen LogP contribution >= 0.6 is 11.6 Å². The molecule has 2 aromatic carbocycles. The molecule has 0 saturated heterocycles. The van der Waals surface area contributed by atoms with Crippen molar-refractivity contribution in [2.45, 2.75) is 24.9 Å². The second kappa shape index (κ2) is 6.18. The van der Waals surface area contributed by atoms with Gasteiger partial charge in [0.25, 0.3) is 5.69 Å². The van der Waals surface area contributed by atoms with Crippen molar-refractivity contribution in [3.63, 3.8) is 0 Å². The molecule has 0 unspecified atom stereocenters. The topological polar surface area (TPSA) is 75.4 Å². The number of nitro groups is 1. The summed E-state index contributed by atoms with van der Waals surface area (Å²) in [4.78, 5) is 10.7. The number of anilines is 1. The van der Waals surface area contributed by atoms with E-state index in [1.165, 1.54) is 6.07 Å². The van der Waals surface area contributed by atoms with Crippen molar-refractivity contribution in [3.05, 3.63) is 68.7 Å². The van der Waals surface area contributed by atoms with Crippen molar-refractivity contribution in [2.75, 3.05) is 11.9 Å². The maximum absolute atomic E-state index is 11.2. The third kappa shape index (κ3) is 3.16. The van der Waals surface area contributed by atoms with Gasteiger partial charge in [-0.25, -0.2) is 0 Å². The zero-order chi connectivity index (χ0) is 16.4. The van der Waals surface area contributed by atoms with E-state index in [9.17, 15) is 15.2 Å². The Morgan fingerprint density at radius 3 is 2.61 bits per heavy atom. The Morgan fingerprint density at radius 1 is 1.26 bits per heavy atom. The average molecular weight is 333 g/mol. The van der Waals surface area contributed by atoms with Crippen molar-refractivity contribution in [1.82, 2.24) is 0 Å². The maximum Gasteiger partial charge on any atom is 0.292 e. The molecule has 0 aromatic heterocycles. The quantitative estimate of drug-likeness (QED) is 0.621. The van der Waals surface area contributed by atoms with Gasteiger partial charge in [-0.15, -0.1) is 0 Å². The van der Waals surface area contributed by atoms with Crippen molar-refractivity contribution in [1.29, 1.82) is 0 Å². The monoisotopic (exact) mass is 332 g/mol. The van der Waals surface area contributed by atoms with E-state index >= 15 is 0 Å². The molecule has 0 aliphatic heterocycles. The SMILES string of the molecule is O=[N+]([O-])c1ccc(CO)cc1NCC1(c2ccccc2Cl)CC1. The lowest BCUT2D eigenvalue weighted by atomic mass is 9.95. The van der Waals surface area contributed by atoms with E-state index in [0.717, 1.165) is 23.4 Å². The Morgan fingerprint density at radius 2 is 2.00 bits per heavy atom. The van der Waals surface area contributed by atoms with Crippen LogP contribution in [0.1, 0.15) is 24.0 Å². The van der Waals surface area contributed by atoms with Gasteiger partial charge in [0.1, 0.15) is 5.69 Å². The van der Waals surface area contributed by atoms with Crippen LogP contribution in [0.4, 0.5) is 11.4 Å². The molecule has 3 rings (SSSR count). The summed E-state index contributed by atoms with van der Waals surface area (Å²) in [7, 11) is 0. The number of aliphatic hydroxyl groups excluding tert-OH is 1. The molecule has 1 fully saturated rings. The van der Waals surface area contributed by atoms with Crippen LogP contribution < -0.4 is 5.32 Å². The Balaban J connectivity index is 1.83. The van der Waals surface area contributed by atoms with Gasteiger partial charge in [-0.3, -0.25) is 10.1 Å². The Bertz CT molecular complexity index is 744. The zero-order valence-corrected chi connectivity index (χ0v) is 13.2. The van der Waals surface area contributed by atoms with Crippen LogP contribution in [-0.4, -0.2) is 16.6 Å². The van der Waals surface area contributed by atoms with Gasteiger partial charge in [-0.2, -0.15) is 0 Å². The number of benzene rings is 2. The van der Waals surface area contributed by atoms with Crippen LogP contribution in [0.5, 0.6) is 0 Å². The van der Waals surface area contributed by atoms with Crippen LogP contribution in [0, 0.1) is 10.1 Å². The summed E-state index contributed by atoms with van der Waals surface area (Å²) in [5, 5.41) is 24.3. The Labute approximate surface area is 139 Å². The van der Waals surface area contributed by atoms with Crippen molar-refractivity contribution in [3.8, 4) is 0 Å². The van der Waals surface area contributed by atoms with E-state index in [1.54, 1.807) is 12.1 Å². The molecule has 0 bridgehead atoms. The number of hydrogen-bond donors (Lipinski definition) is 2. The maximum atomic E-state index is 11.2. The van der Waals surface area contributed by atoms with Crippen LogP contribution in [0.15, 0.2) is 42.5 Å². The molecule has 0 spiro atoms. The fraction of sp³-hybridized carbons (Fsp3) is 0.294. The van der Waals surface area contributed by atoms with E-state index < -0.39 is 4.92 Å². The van der Waals surface area contributed by atoms with E-state index in [0.29, 0.717) is 17.8 Å². The first-order chi connectivity index (χ1) is 11.1. The number of hydrogen-bond acceptors (Lipinski definition) is 4. The van der Waals surface area contributed by atoms with E-state index in [2.05, 4.69) is 5.32 Å². The van der Waals surface area contributed by atoms with Gasteiger partial charge >= 0.3 is 0 Å². The Hall–Kier alpha value is -2.11. The molecular weight excluding hydrogens is 316 g/mol. The molecule has 0 radical (unpaired) electrons. The predicted octanol–water partition coefficient (Wildman–Crippen LogP) is 3.88. The molecule has 1 aliphatic carbocycles. The summed E-state index contributed by atoms with van der Waals surface area (Å²) >= 11 is 6.29. The lowest BCUT2D eigenvalue weighted by Crippen LogP contribution is -2.20. The third-order valence-corrected chi connectivity index (χ3v) is 4.69. The fourth-order valence-corrected chi connectivity index (χ4v) is 3.17. The highest BCUT2D eigenvalue weighted by atomic mass is 35.5. The van der Waals surface area contributed by atoms with Crippen LogP contribution in [0.25, 0.3) is 0 Å². The number of nitrogens with zero attached hydrogens (tertiary/aromatic N) is 1. The first kappa shape index (κ1) is 15.8. The van der Waals surface area contributed by atoms with E-state index in [1.807, 2.05) is 24.3 Å². The minimum atomic E-state index is -0.418. The van der Waals surface area contributed by atoms with Crippen molar-refractivity contribution >= 4 is 23.0 Å². The lowest BCUT2D eigenvalue weighted by Gasteiger charge is -2.19. The minimum absolute atomic E-state index is 0.0113. The highest BCUT2D eigenvalue weighted by Gasteiger charge is 2.45. The second-order valence-electron chi connectivity index (χ2n) is 5.88. The van der Waals surface area contributed by atoms with Crippen LogP contribution in [-0.2, 0) is 12.0 Å². The largest absolute Gasteiger partial charge is 0.392 e. The van der Waals surface area contributed by atoms with E-state index in [-0.39, 0.29) is 17.7 Å². The minimum Gasteiger partial charge on any atom is -0.392 e. The molecule has 23 heavy (non-hydrogen) atoms. The van der Waals surface area contributed by atoms with Gasteiger partial charge in [0.15, 0.2) is 0 Å².